The number of phenols is 1. The fourth-order valence-corrected chi connectivity index (χ4v) is 4.79. The van der Waals surface area contributed by atoms with Crippen LogP contribution in [0.1, 0.15) is 62.5 Å². The predicted molar refractivity (Wildman–Crippen MR) is 95.6 cm³/mol. The molecular weight excluding hydrogens is 357 g/mol. The van der Waals surface area contributed by atoms with Crippen LogP contribution in [-0.2, 0) is 11.2 Å². The Labute approximate surface area is 156 Å². The lowest BCUT2D eigenvalue weighted by atomic mass is 9.67. The highest BCUT2D eigenvalue weighted by Crippen LogP contribution is 2.49. The number of halogens is 3. The number of unbranched alkanes of at least 4 members (excludes halogenated alkanes) is 1. The number of aromatic hydroxyl groups is 1. The molecule has 2 aliphatic rings. The highest BCUT2D eigenvalue weighted by molar-refractivity contribution is 5.98. The summed E-state index contributed by atoms with van der Waals surface area (Å²) in [6.07, 6.45) is -0.374. The monoisotopic (exact) mass is 382 g/mol. The molecule has 2 aliphatic carbocycles. The second kappa shape index (κ2) is 7.56. The van der Waals surface area contributed by atoms with E-state index in [0.29, 0.717) is 0 Å². The molecule has 2 N–H and O–H groups in total. The summed E-state index contributed by atoms with van der Waals surface area (Å²) in [4.78, 5) is 12.2. The molecule has 0 heterocycles. The number of aryl methyl sites for hydroxylation is 1. The Morgan fingerprint density at radius 3 is 2.67 bits per heavy atom. The van der Waals surface area contributed by atoms with Crippen LogP contribution in [0, 0.1) is 11.8 Å². The van der Waals surface area contributed by atoms with Gasteiger partial charge in [-0.3, -0.25) is 4.79 Å². The maximum absolute atomic E-state index is 12.8. The van der Waals surface area contributed by atoms with Crippen LogP contribution in [0.5, 0.6) is 5.75 Å². The lowest BCUT2D eigenvalue weighted by molar-refractivity contribution is -0.126. The molecule has 1 fully saturated rings. The molecule has 3 unspecified atom stereocenters. The van der Waals surface area contributed by atoms with E-state index in [2.05, 4.69) is 6.92 Å². The third kappa shape index (κ3) is 3.99. The maximum Gasteiger partial charge on any atom is 0.449 e. The van der Waals surface area contributed by atoms with Gasteiger partial charge in [-0.2, -0.15) is 13.2 Å². The quantitative estimate of drug-likeness (QED) is 0.528. The van der Waals surface area contributed by atoms with E-state index in [-0.39, 0.29) is 36.3 Å². The third-order valence-corrected chi connectivity index (χ3v) is 6.07. The first-order valence-corrected chi connectivity index (χ1v) is 9.56. The smallest absolute Gasteiger partial charge is 0.449 e. The van der Waals surface area contributed by atoms with Crippen LogP contribution >= 0.6 is 0 Å². The van der Waals surface area contributed by atoms with E-state index in [9.17, 15) is 28.2 Å². The molecule has 3 atom stereocenters. The van der Waals surface area contributed by atoms with Gasteiger partial charge in [-0.15, -0.1) is 0 Å². The standard InChI is InChI=1S/C21H25F3O3/c1-2-3-4-17-15-8-6-14(25)9-12(15)5-7-16(17)13-10-18(19(26)11-13)20(27)21(22,23)24/h6,8-9,13,16-17,25,27H,2-5,7,10-11H2,1H3/b20-18-. The number of allylic oxidation sites excluding steroid dienone is 2. The van der Waals surface area contributed by atoms with Gasteiger partial charge in [0.1, 0.15) is 5.75 Å². The Hall–Kier alpha value is -1.98. The third-order valence-electron chi connectivity index (χ3n) is 6.07. The average molecular weight is 382 g/mol. The number of carbonyl (C=O) groups excluding carboxylic acids is 1. The van der Waals surface area contributed by atoms with Gasteiger partial charge in [-0.1, -0.05) is 25.8 Å². The summed E-state index contributed by atoms with van der Waals surface area (Å²) in [5, 5.41) is 19.2. The Morgan fingerprint density at radius 1 is 1.26 bits per heavy atom. The number of aliphatic hydroxyl groups is 1. The molecule has 0 aromatic heterocycles. The Balaban J connectivity index is 1.89. The zero-order valence-electron chi connectivity index (χ0n) is 15.4. The molecule has 0 spiro atoms. The number of fused-ring (bicyclic) bond motifs is 1. The van der Waals surface area contributed by atoms with Crippen molar-refractivity contribution in [3.05, 3.63) is 40.7 Å². The number of alkyl halides is 3. The number of hydrogen-bond donors (Lipinski definition) is 2. The molecule has 0 saturated heterocycles. The number of carbonyl (C=O) groups is 1. The summed E-state index contributed by atoms with van der Waals surface area (Å²) in [7, 11) is 0. The topological polar surface area (TPSA) is 57.5 Å². The number of hydrogen-bond acceptors (Lipinski definition) is 3. The molecule has 3 nitrogen and oxygen atoms in total. The zero-order valence-corrected chi connectivity index (χ0v) is 15.4. The molecule has 6 heteroatoms. The Morgan fingerprint density at radius 2 is 2.00 bits per heavy atom. The molecule has 148 valence electrons. The van der Waals surface area contributed by atoms with Crippen molar-refractivity contribution in [2.45, 2.75) is 64.0 Å². The van der Waals surface area contributed by atoms with Crippen molar-refractivity contribution < 1.29 is 28.2 Å². The second-order valence-electron chi connectivity index (χ2n) is 7.75. The van der Waals surface area contributed by atoms with Gasteiger partial charge in [0.25, 0.3) is 0 Å². The van der Waals surface area contributed by atoms with Crippen LogP contribution in [0.4, 0.5) is 13.2 Å². The number of Topliss-reactive ketones (excluding diaryl/α,β-unsaturated/α-hetero) is 1. The summed E-state index contributed by atoms with van der Waals surface area (Å²) < 4.78 is 38.5. The second-order valence-corrected chi connectivity index (χ2v) is 7.75. The van der Waals surface area contributed by atoms with Crippen molar-refractivity contribution >= 4 is 5.78 Å². The van der Waals surface area contributed by atoms with Crippen molar-refractivity contribution in [2.75, 3.05) is 0 Å². The first-order valence-electron chi connectivity index (χ1n) is 9.56. The van der Waals surface area contributed by atoms with Gasteiger partial charge in [0, 0.05) is 12.0 Å². The number of phenolic OH excluding ortho intramolecular Hbond substituents is 1. The summed E-state index contributed by atoms with van der Waals surface area (Å²) in [6, 6.07) is 5.34. The molecule has 27 heavy (non-hydrogen) atoms. The van der Waals surface area contributed by atoms with Gasteiger partial charge in [-0.25, -0.2) is 0 Å². The fourth-order valence-electron chi connectivity index (χ4n) is 4.79. The minimum absolute atomic E-state index is 0.00904. The van der Waals surface area contributed by atoms with Gasteiger partial charge < -0.3 is 10.2 Å². The normalized spacial score (nSPS) is 27.6. The first kappa shape index (κ1) is 19.8. The highest BCUT2D eigenvalue weighted by Gasteiger charge is 2.45. The SMILES string of the molecule is CCCCC1c2ccc(O)cc2CCC1C1CC(=O)/C(=C(\O)C(F)(F)F)C1. The molecule has 1 aromatic rings. The molecule has 3 rings (SSSR count). The van der Waals surface area contributed by atoms with E-state index >= 15 is 0 Å². The van der Waals surface area contributed by atoms with Gasteiger partial charge >= 0.3 is 6.18 Å². The van der Waals surface area contributed by atoms with E-state index in [0.717, 1.165) is 43.2 Å². The van der Waals surface area contributed by atoms with E-state index in [1.165, 1.54) is 0 Å². The van der Waals surface area contributed by atoms with E-state index < -0.39 is 23.3 Å². The van der Waals surface area contributed by atoms with Gasteiger partial charge in [0.2, 0.25) is 5.76 Å². The van der Waals surface area contributed by atoms with Gasteiger partial charge in [0.05, 0.1) is 0 Å². The van der Waals surface area contributed by atoms with Crippen molar-refractivity contribution in [2.24, 2.45) is 11.8 Å². The zero-order chi connectivity index (χ0) is 19.8. The van der Waals surface area contributed by atoms with Crippen LogP contribution in [0.25, 0.3) is 0 Å². The molecule has 0 amide bonds. The van der Waals surface area contributed by atoms with Crippen molar-refractivity contribution in [1.82, 2.24) is 0 Å². The van der Waals surface area contributed by atoms with Crippen LogP contribution in [0.15, 0.2) is 29.5 Å². The lowest BCUT2D eigenvalue weighted by Gasteiger charge is -2.37. The summed E-state index contributed by atoms with van der Waals surface area (Å²) >= 11 is 0. The number of rotatable bonds is 4. The Kier molecular flexibility index (Phi) is 5.54. The molecule has 1 saturated carbocycles. The Bertz CT molecular complexity index is 752. The number of aliphatic hydroxyl groups excluding tert-OH is 1. The minimum Gasteiger partial charge on any atom is -0.508 e. The van der Waals surface area contributed by atoms with Crippen molar-refractivity contribution in [3.63, 3.8) is 0 Å². The van der Waals surface area contributed by atoms with Crippen molar-refractivity contribution in [1.29, 1.82) is 0 Å². The summed E-state index contributed by atoms with van der Waals surface area (Å²) in [5.41, 5.74) is 1.77. The largest absolute Gasteiger partial charge is 0.508 e. The molecule has 0 aliphatic heterocycles. The minimum atomic E-state index is -4.88. The molecule has 0 bridgehead atoms. The summed E-state index contributed by atoms with van der Waals surface area (Å²) in [6.45, 7) is 2.09. The van der Waals surface area contributed by atoms with E-state index in [1.807, 2.05) is 6.07 Å². The first-order chi connectivity index (χ1) is 12.7. The van der Waals surface area contributed by atoms with Crippen LogP contribution in [0.2, 0.25) is 0 Å². The lowest BCUT2D eigenvalue weighted by Crippen LogP contribution is -2.26. The van der Waals surface area contributed by atoms with E-state index in [4.69, 9.17) is 0 Å². The van der Waals surface area contributed by atoms with Gasteiger partial charge in [0.15, 0.2) is 5.78 Å². The molecule has 0 radical (unpaired) electrons. The van der Waals surface area contributed by atoms with Crippen molar-refractivity contribution in [3.8, 4) is 5.75 Å². The average Bonchev–Trinajstić information content (AvgIpc) is 2.99. The molecule has 1 aromatic carbocycles. The van der Waals surface area contributed by atoms with Gasteiger partial charge in [-0.05, 0) is 66.7 Å². The highest BCUT2D eigenvalue weighted by atomic mass is 19.4. The molecular formula is C21H25F3O3. The predicted octanol–water partition coefficient (Wildman–Crippen LogP) is 5.58. The maximum atomic E-state index is 12.8. The summed E-state index contributed by atoms with van der Waals surface area (Å²) in [5.74, 6) is -1.99. The number of ketones is 1. The fraction of sp³-hybridized carbons (Fsp3) is 0.571. The van der Waals surface area contributed by atoms with E-state index in [1.54, 1.807) is 12.1 Å². The van der Waals surface area contributed by atoms with Crippen LogP contribution < -0.4 is 0 Å². The number of benzene rings is 1. The van der Waals surface area contributed by atoms with Crippen LogP contribution in [0.3, 0.4) is 0 Å². The van der Waals surface area contributed by atoms with Crippen LogP contribution in [-0.4, -0.2) is 22.2 Å².